The number of nitrogens with zero attached hydrogens (tertiary/aromatic N) is 2. The highest BCUT2D eigenvalue weighted by Crippen LogP contribution is 2.22. The third kappa shape index (κ3) is 2.27. The molecule has 2 unspecified atom stereocenters. The molecule has 1 N–H and O–H groups in total. The number of rotatable bonds is 2. The van der Waals surface area contributed by atoms with Gasteiger partial charge in [-0.15, -0.1) is 0 Å². The largest absolute Gasteiger partial charge is 0.314 e. The van der Waals surface area contributed by atoms with E-state index in [0.29, 0.717) is 0 Å². The van der Waals surface area contributed by atoms with Crippen LogP contribution in [0.3, 0.4) is 0 Å². The van der Waals surface area contributed by atoms with E-state index in [2.05, 4.69) is 29.1 Å². The van der Waals surface area contributed by atoms with Crippen molar-refractivity contribution in [3.8, 4) is 0 Å². The number of likely N-dealkylation sites (tertiary alicyclic amines) is 1. The molecule has 2 atom stereocenters. The zero-order chi connectivity index (χ0) is 9.97. The Morgan fingerprint density at radius 1 is 1.21 bits per heavy atom. The number of hydrogen-bond acceptors (Lipinski definition) is 3. The van der Waals surface area contributed by atoms with Gasteiger partial charge in [-0.25, -0.2) is 0 Å². The molecule has 0 saturated carbocycles. The average Bonchev–Trinajstić information content (AvgIpc) is 2.65. The molecule has 0 aliphatic carbocycles. The van der Waals surface area contributed by atoms with Gasteiger partial charge in [-0.3, -0.25) is 4.90 Å². The molecule has 14 heavy (non-hydrogen) atoms. The lowest BCUT2D eigenvalue weighted by atomic mass is 9.98. The van der Waals surface area contributed by atoms with Gasteiger partial charge in [0.15, 0.2) is 0 Å². The van der Waals surface area contributed by atoms with Crippen molar-refractivity contribution >= 4 is 0 Å². The van der Waals surface area contributed by atoms with Crippen LogP contribution >= 0.6 is 0 Å². The molecular formula is C11H23N3. The molecular weight excluding hydrogens is 174 g/mol. The van der Waals surface area contributed by atoms with Crippen molar-refractivity contribution in [2.24, 2.45) is 5.92 Å². The summed E-state index contributed by atoms with van der Waals surface area (Å²) in [5, 5.41) is 3.42. The minimum atomic E-state index is 0.780. The van der Waals surface area contributed by atoms with E-state index in [9.17, 15) is 0 Å². The van der Waals surface area contributed by atoms with Crippen LogP contribution in [0.4, 0.5) is 0 Å². The highest BCUT2D eigenvalue weighted by Gasteiger charge is 2.29. The lowest BCUT2D eigenvalue weighted by Gasteiger charge is -2.36. The molecule has 2 fully saturated rings. The van der Waals surface area contributed by atoms with Crippen LogP contribution in [0.1, 0.15) is 13.3 Å². The van der Waals surface area contributed by atoms with Crippen molar-refractivity contribution in [1.29, 1.82) is 0 Å². The predicted molar refractivity (Wildman–Crippen MR) is 59.5 cm³/mol. The van der Waals surface area contributed by atoms with Crippen LogP contribution in [-0.4, -0.2) is 62.2 Å². The highest BCUT2D eigenvalue weighted by atomic mass is 15.2. The molecule has 0 aromatic rings. The molecule has 0 radical (unpaired) electrons. The molecule has 2 aliphatic heterocycles. The van der Waals surface area contributed by atoms with E-state index < -0.39 is 0 Å². The molecule has 0 aromatic heterocycles. The van der Waals surface area contributed by atoms with Crippen LogP contribution < -0.4 is 5.32 Å². The first-order valence-electron chi connectivity index (χ1n) is 5.90. The zero-order valence-corrected chi connectivity index (χ0v) is 9.50. The number of piperazine rings is 1. The normalized spacial score (nSPS) is 33.4. The van der Waals surface area contributed by atoms with E-state index >= 15 is 0 Å². The number of hydrogen-bond donors (Lipinski definition) is 1. The minimum absolute atomic E-state index is 0.780. The van der Waals surface area contributed by atoms with Gasteiger partial charge in [0.1, 0.15) is 0 Å². The Labute approximate surface area is 87.4 Å². The number of nitrogens with one attached hydrogen (secondary N) is 1. The van der Waals surface area contributed by atoms with E-state index in [1.165, 1.54) is 45.7 Å². The maximum Gasteiger partial charge on any atom is 0.0110 e. The van der Waals surface area contributed by atoms with Crippen molar-refractivity contribution in [1.82, 2.24) is 15.1 Å². The molecule has 2 aliphatic rings. The van der Waals surface area contributed by atoms with Crippen molar-refractivity contribution in [3.63, 3.8) is 0 Å². The summed E-state index contributed by atoms with van der Waals surface area (Å²) in [6.45, 7) is 9.82. The predicted octanol–water partition coefficient (Wildman–Crippen LogP) is 0.232. The summed E-state index contributed by atoms with van der Waals surface area (Å²) >= 11 is 0. The zero-order valence-electron chi connectivity index (χ0n) is 9.50. The smallest absolute Gasteiger partial charge is 0.0110 e. The van der Waals surface area contributed by atoms with Crippen molar-refractivity contribution in [3.05, 3.63) is 0 Å². The fraction of sp³-hybridized carbons (Fsp3) is 1.00. The van der Waals surface area contributed by atoms with Crippen LogP contribution in [0, 0.1) is 5.92 Å². The van der Waals surface area contributed by atoms with E-state index in [0.717, 1.165) is 12.0 Å². The van der Waals surface area contributed by atoms with E-state index in [1.807, 2.05) is 0 Å². The van der Waals surface area contributed by atoms with Gasteiger partial charge in [-0.1, -0.05) is 0 Å². The average molecular weight is 197 g/mol. The first kappa shape index (κ1) is 10.4. The van der Waals surface area contributed by atoms with Gasteiger partial charge >= 0.3 is 0 Å². The van der Waals surface area contributed by atoms with Gasteiger partial charge in [0, 0.05) is 38.8 Å². The second kappa shape index (κ2) is 4.60. The SMILES string of the molecule is CC(C1CCN(C)C1)N1CCNCC1. The maximum absolute atomic E-state index is 3.42. The molecule has 0 amide bonds. The standard InChI is InChI=1S/C11H23N3/c1-10(11-3-6-13(2)9-11)14-7-4-12-5-8-14/h10-12H,3-9H2,1-2H3. The molecule has 3 heteroatoms. The van der Waals surface area contributed by atoms with Gasteiger partial charge in [-0.2, -0.15) is 0 Å². The molecule has 0 aromatic carbocycles. The lowest BCUT2D eigenvalue weighted by Crippen LogP contribution is -2.50. The van der Waals surface area contributed by atoms with Crippen LogP contribution in [0.15, 0.2) is 0 Å². The fourth-order valence-electron chi connectivity index (χ4n) is 2.75. The van der Waals surface area contributed by atoms with E-state index in [1.54, 1.807) is 0 Å². The summed E-state index contributed by atoms with van der Waals surface area (Å²) in [6, 6.07) is 0.780. The topological polar surface area (TPSA) is 18.5 Å². The van der Waals surface area contributed by atoms with Crippen LogP contribution in [0.25, 0.3) is 0 Å². The Morgan fingerprint density at radius 3 is 2.50 bits per heavy atom. The quantitative estimate of drug-likeness (QED) is 0.684. The molecule has 82 valence electrons. The molecule has 2 rings (SSSR count). The minimum Gasteiger partial charge on any atom is -0.314 e. The van der Waals surface area contributed by atoms with Gasteiger partial charge < -0.3 is 10.2 Å². The van der Waals surface area contributed by atoms with Crippen LogP contribution in [0.2, 0.25) is 0 Å². The van der Waals surface area contributed by atoms with Crippen molar-refractivity contribution in [2.75, 3.05) is 46.3 Å². The summed E-state index contributed by atoms with van der Waals surface area (Å²) in [5.41, 5.74) is 0. The van der Waals surface area contributed by atoms with E-state index in [-0.39, 0.29) is 0 Å². The summed E-state index contributed by atoms with van der Waals surface area (Å²) in [4.78, 5) is 5.11. The summed E-state index contributed by atoms with van der Waals surface area (Å²) < 4.78 is 0. The molecule has 2 heterocycles. The lowest BCUT2D eigenvalue weighted by molar-refractivity contribution is 0.139. The van der Waals surface area contributed by atoms with Crippen LogP contribution in [0.5, 0.6) is 0 Å². The van der Waals surface area contributed by atoms with Crippen molar-refractivity contribution < 1.29 is 0 Å². The Morgan fingerprint density at radius 2 is 1.93 bits per heavy atom. The summed E-state index contributed by atoms with van der Waals surface area (Å²) in [6.07, 6.45) is 1.39. The van der Waals surface area contributed by atoms with E-state index in [4.69, 9.17) is 0 Å². The third-order valence-corrected chi connectivity index (χ3v) is 3.84. The van der Waals surface area contributed by atoms with Gasteiger partial charge in [0.2, 0.25) is 0 Å². The van der Waals surface area contributed by atoms with Gasteiger partial charge in [0.05, 0.1) is 0 Å². The monoisotopic (exact) mass is 197 g/mol. The fourth-order valence-corrected chi connectivity index (χ4v) is 2.75. The molecule has 0 bridgehead atoms. The summed E-state index contributed by atoms with van der Waals surface area (Å²) in [5.74, 6) is 0.901. The Balaban J connectivity index is 1.84. The summed E-state index contributed by atoms with van der Waals surface area (Å²) in [7, 11) is 2.24. The molecule has 2 saturated heterocycles. The van der Waals surface area contributed by atoms with Gasteiger partial charge in [0.25, 0.3) is 0 Å². The van der Waals surface area contributed by atoms with Crippen LogP contribution in [-0.2, 0) is 0 Å². The third-order valence-electron chi connectivity index (χ3n) is 3.84. The first-order valence-corrected chi connectivity index (χ1v) is 5.90. The Bertz CT molecular complexity index is 173. The Kier molecular flexibility index (Phi) is 3.42. The molecule has 0 spiro atoms. The van der Waals surface area contributed by atoms with Gasteiger partial charge in [-0.05, 0) is 32.9 Å². The highest BCUT2D eigenvalue weighted by molar-refractivity contribution is 4.84. The second-order valence-corrected chi connectivity index (χ2v) is 4.84. The Hall–Kier alpha value is -0.120. The maximum atomic E-state index is 3.42. The molecule has 3 nitrogen and oxygen atoms in total. The van der Waals surface area contributed by atoms with Crippen molar-refractivity contribution in [2.45, 2.75) is 19.4 Å². The first-order chi connectivity index (χ1) is 6.77. The second-order valence-electron chi connectivity index (χ2n) is 4.84.